The van der Waals surface area contributed by atoms with Gasteiger partial charge in [0.1, 0.15) is 11.5 Å². The fraction of sp³-hybridized carbons (Fsp3) is 0.600. The summed E-state index contributed by atoms with van der Waals surface area (Å²) in [6, 6.07) is 3.48. The number of halogens is 1. The molecule has 0 saturated carbocycles. The largest absolute Gasteiger partial charge is 0.396 e. The van der Waals surface area contributed by atoms with E-state index in [4.69, 9.17) is 11.6 Å². The second kappa shape index (κ2) is 7.61. The lowest BCUT2D eigenvalue weighted by molar-refractivity contribution is 0.0615. The first-order chi connectivity index (χ1) is 10.2. The highest BCUT2D eigenvalue weighted by Crippen LogP contribution is 2.22. The van der Waals surface area contributed by atoms with Gasteiger partial charge in [-0.15, -0.1) is 0 Å². The van der Waals surface area contributed by atoms with E-state index in [0.717, 1.165) is 25.8 Å². The number of rotatable bonds is 5. The minimum absolute atomic E-state index is 0.114. The van der Waals surface area contributed by atoms with Gasteiger partial charge >= 0.3 is 0 Å². The average Bonchev–Trinajstić information content (AvgIpc) is 2.53. The summed E-state index contributed by atoms with van der Waals surface area (Å²) in [5.74, 6) is 0.668. The van der Waals surface area contributed by atoms with Crippen LogP contribution in [0.3, 0.4) is 0 Å². The van der Waals surface area contributed by atoms with Crippen LogP contribution in [0, 0.1) is 5.92 Å². The number of carbonyl (C=O) groups is 1. The number of aliphatic hydroxyl groups is 1. The molecule has 1 aromatic heterocycles. The van der Waals surface area contributed by atoms with Gasteiger partial charge in [0.15, 0.2) is 0 Å². The highest BCUT2D eigenvalue weighted by atomic mass is 35.5. The Bertz CT molecular complexity index is 496. The summed E-state index contributed by atoms with van der Waals surface area (Å²) in [4.78, 5) is 18.7. The molecule has 1 fully saturated rings. The Morgan fingerprint density at radius 1 is 1.57 bits per heavy atom. The van der Waals surface area contributed by atoms with Crippen molar-refractivity contribution in [2.24, 2.45) is 5.92 Å². The van der Waals surface area contributed by atoms with Crippen LogP contribution in [0.5, 0.6) is 0 Å². The predicted molar refractivity (Wildman–Crippen MR) is 83.7 cm³/mol. The quantitative estimate of drug-likeness (QED) is 0.876. The molecule has 0 spiro atoms. The fourth-order valence-electron chi connectivity index (χ4n) is 2.49. The number of likely N-dealkylation sites (tertiary alicyclic amines) is 1. The van der Waals surface area contributed by atoms with E-state index in [-0.39, 0.29) is 24.1 Å². The summed E-state index contributed by atoms with van der Waals surface area (Å²) < 4.78 is 0. The maximum atomic E-state index is 12.6. The van der Waals surface area contributed by atoms with Crippen LogP contribution >= 0.6 is 11.6 Å². The van der Waals surface area contributed by atoms with E-state index in [0.29, 0.717) is 23.9 Å². The number of aromatic nitrogens is 1. The third kappa shape index (κ3) is 4.08. The van der Waals surface area contributed by atoms with Crippen LogP contribution in [0.4, 0.5) is 5.82 Å². The lowest BCUT2D eigenvalue weighted by Crippen LogP contribution is -2.41. The SMILES string of the molecule is CCCNc1ccc(Cl)c(C(=O)N2CCCC(CO)C2)n1. The molecular weight excluding hydrogens is 290 g/mol. The summed E-state index contributed by atoms with van der Waals surface area (Å²) in [5, 5.41) is 12.8. The molecule has 1 aliphatic rings. The van der Waals surface area contributed by atoms with Crippen LogP contribution in [-0.4, -0.2) is 47.1 Å². The van der Waals surface area contributed by atoms with Crippen molar-refractivity contribution in [1.82, 2.24) is 9.88 Å². The van der Waals surface area contributed by atoms with Gasteiger partial charge in [-0.05, 0) is 37.3 Å². The predicted octanol–water partition coefficient (Wildman–Crippen LogP) is 2.40. The Labute approximate surface area is 130 Å². The van der Waals surface area contributed by atoms with Gasteiger partial charge in [-0.2, -0.15) is 0 Å². The van der Waals surface area contributed by atoms with E-state index in [2.05, 4.69) is 17.2 Å². The van der Waals surface area contributed by atoms with Crippen LogP contribution in [0.25, 0.3) is 0 Å². The number of carbonyl (C=O) groups excluding carboxylic acids is 1. The fourth-order valence-corrected chi connectivity index (χ4v) is 2.68. The van der Waals surface area contributed by atoms with Gasteiger partial charge in [-0.1, -0.05) is 18.5 Å². The standard InChI is InChI=1S/C15H22ClN3O2/c1-2-7-17-13-6-5-12(16)14(18-13)15(21)19-8-3-4-11(9-19)10-20/h5-6,11,20H,2-4,7-10H2,1H3,(H,17,18). The number of hydrogen-bond acceptors (Lipinski definition) is 4. The molecule has 1 aliphatic heterocycles. The number of amides is 1. The van der Waals surface area contributed by atoms with Gasteiger partial charge in [-0.25, -0.2) is 4.98 Å². The molecule has 2 rings (SSSR count). The van der Waals surface area contributed by atoms with Crippen molar-refractivity contribution < 1.29 is 9.90 Å². The highest BCUT2D eigenvalue weighted by molar-refractivity contribution is 6.33. The molecule has 2 heterocycles. The molecule has 1 atom stereocenters. The zero-order valence-electron chi connectivity index (χ0n) is 12.3. The monoisotopic (exact) mass is 311 g/mol. The van der Waals surface area contributed by atoms with E-state index in [1.54, 1.807) is 17.0 Å². The molecule has 0 bridgehead atoms. The van der Waals surface area contributed by atoms with E-state index >= 15 is 0 Å². The highest BCUT2D eigenvalue weighted by Gasteiger charge is 2.26. The molecule has 5 nitrogen and oxygen atoms in total. The molecule has 1 unspecified atom stereocenters. The molecule has 0 radical (unpaired) electrons. The summed E-state index contributed by atoms with van der Waals surface area (Å²) in [7, 11) is 0. The molecule has 1 amide bonds. The van der Waals surface area contributed by atoms with E-state index in [1.807, 2.05) is 0 Å². The lowest BCUT2D eigenvalue weighted by Gasteiger charge is -2.31. The third-order valence-electron chi connectivity index (χ3n) is 3.67. The van der Waals surface area contributed by atoms with Crippen molar-refractivity contribution >= 4 is 23.3 Å². The van der Waals surface area contributed by atoms with Gasteiger partial charge < -0.3 is 15.3 Å². The molecule has 1 saturated heterocycles. The molecule has 116 valence electrons. The first-order valence-electron chi connectivity index (χ1n) is 7.46. The van der Waals surface area contributed by atoms with Gasteiger partial charge in [0.05, 0.1) is 5.02 Å². The normalized spacial score (nSPS) is 18.6. The first kappa shape index (κ1) is 16.0. The number of pyridine rings is 1. The molecule has 2 N–H and O–H groups in total. The average molecular weight is 312 g/mol. The van der Waals surface area contributed by atoms with Gasteiger partial charge in [-0.3, -0.25) is 4.79 Å². The van der Waals surface area contributed by atoms with Crippen molar-refractivity contribution in [1.29, 1.82) is 0 Å². The Balaban J connectivity index is 2.13. The van der Waals surface area contributed by atoms with Crippen LogP contribution < -0.4 is 5.32 Å². The number of piperidine rings is 1. The number of nitrogens with one attached hydrogen (secondary N) is 1. The van der Waals surface area contributed by atoms with E-state index < -0.39 is 0 Å². The van der Waals surface area contributed by atoms with Gasteiger partial charge in [0, 0.05) is 26.2 Å². The summed E-state index contributed by atoms with van der Waals surface area (Å²) in [5.41, 5.74) is 0.288. The number of nitrogens with zero attached hydrogens (tertiary/aromatic N) is 2. The van der Waals surface area contributed by atoms with Crippen molar-refractivity contribution in [3.8, 4) is 0 Å². The Kier molecular flexibility index (Phi) is 5.82. The second-order valence-electron chi connectivity index (χ2n) is 5.40. The number of anilines is 1. The molecule has 0 aliphatic carbocycles. The Morgan fingerprint density at radius 2 is 2.38 bits per heavy atom. The van der Waals surface area contributed by atoms with Crippen LogP contribution in [0.15, 0.2) is 12.1 Å². The van der Waals surface area contributed by atoms with Crippen molar-refractivity contribution in [3.05, 3.63) is 22.8 Å². The summed E-state index contributed by atoms with van der Waals surface area (Å²) in [6.45, 7) is 4.25. The van der Waals surface area contributed by atoms with Crippen LogP contribution in [-0.2, 0) is 0 Å². The molecule has 1 aromatic rings. The van der Waals surface area contributed by atoms with Gasteiger partial charge in [0.2, 0.25) is 0 Å². The van der Waals surface area contributed by atoms with Crippen molar-refractivity contribution in [3.63, 3.8) is 0 Å². The third-order valence-corrected chi connectivity index (χ3v) is 3.97. The smallest absolute Gasteiger partial charge is 0.274 e. The van der Waals surface area contributed by atoms with Crippen molar-refractivity contribution in [2.75, 3.05) is 31.6 Å². The number of hydrogen-bond donors (Lipinski definition) is 2. The molecule has 6 heteroatoms. The maximum Gasteiger partial charge on any atom is 0.274 e. The summed E-state index contributed by atoms with van der Waals surface area (Å²) >= 11 is 6.13. The Hall–Kier alpha value is -1.33. The van der Waals surface area contributed by atoms with Gasteiger partial charge in [0.25, 0.3) is 5.91 Å². The number of aliphatic hydroxyl groups excluding tert-OH is 1. The van der Waals surface area contributed by atoms with Crippen molar-refractivity contribution in [2.45, 2.75) is 26.2 Å². The minimum Gasteiger partial charge on any atom is -0.396 e. The zero-order chi connectivity index (χ0) is 15.2. The zero-order valence-corrected chi connectivity index (χ0v) is 13.1. The Morgan fingerprint density at radius 3 is 3.10 bits per heavy atom. The van der Waals surface area contributed by atoms with Crippen LogP contribution in [0.2, 0.25) is 5.02 Å². The lowest BCUT2D eigenvalue weighted by atomic mass is 9.99. The first-order valence-corrected chi connectivity index (χ1v) is 7.84. The van der Waals surface area contributed by atoms with E-state index in [9.17, 15) is 9.90 Å². The topological polar surface area (TPSA) is 65.5 Å². The minimum atomic E-state index is -0.154. The maximum absolute atomic E-state index is 12.6. The van der Waals surface area contributed by atoms with Crippen LogP contribution in [0.1, 0.15) is 36.7 Å². The molecule has 21 heavy (non-hydrogen) atoms. The molecular formula is C15H22ClN3O2. The second-order valence-corrected chi connectivity index (χ2v) is 5.80. The summed E-state index contributed by atoms with van der Waals surface area (Å²) in [6.07, 6.45) is 2.85. The van der Waals surface area contributed by atoms with E-state index in [1.165, 1.54) is 0 Å². The molecule has 0 aromatic carbocycles.